The van der Waals surface area contributed by atoms with E-state index in [0.29, 0.717) is 26.2 Å². The monoisotopic (exact) mass is 276 g/mol. The van der Waals surface area contributed by atoms with Gasteiger partial charge >= 0.3 is 0 Å². The van der Waals surface area contributed by atoms with E-state index in [-0.39, 0.29) is 17.9 Å². The number of amides is 1. The molecule has 2 saturated heterocycles. The van der Waals surface area contributed by atoms with Gasteiger partial charge in [-0.1, -0.05) is 0 Å². The molecule has 0 spiro atoms. The molecule has 18 heavy (non-hydrogen) atoms. The van der Waals surface area contributed by atoms with E-state index in [1.165, 1.54) is 4.31 Å². The van der Waals surface area contributed by atoms with E-state index < -0.39 is 10.2 Å². The second-order valence-electron chi connectivity index (χ2n) is 4.91. The molecule has 0 bridgehead atoms. The molecule has 0 saturated carbocycles. The molecule has 1 amide bonds. The van der Waals surface area contributed by atoms with Gasteiger partial charge in [-0.25, -0.2) is 5.14 Å². The third kappa shape index (κ3) is 2.82. The number of piperazine rings is 1. The molecule has 0 aromatic rings. The third-order valence-electron chi connectivity index (χ3n) is 3.75. The van der Waals surface area contributed by atoms with Crippen LogP contribution in [0.5, 0.6) is 0 Å². The van der Waals surface area contributed by atoms with E-state index in [4.69, 9.17) is 5.14 Å². The van der Waals surface area contributed by atoms with Crippen molar-refractivity contribution in [3.05, 3.63) is 0 Å². The minimum atomic E-state index is -3.62. The van der Waals surface area contributed by atoms with Gasteiger partial charge in [0.1, 0.15) is 0 Å². The van der Waals surface area contributed by atoms with Crippen molar-refractivity contribution in [2.45, 2.75) is 19.4 Å². The zero-order chi connectivity index (χ0) is 13.3. The lowest BCUT2D eigenvalue weighted by Crippen LogP contribution is -2.54. The fourth-order valence-corrected chi connectivity index (χ4v) is 3.27. The molecule has 8 heteroatoms. The number of carbonyl (C=O) groups is 1. The van der Waals surface area contributed by atoms with E-state index in [1.54, 1.807) is 4.90 Å². The van der Waals surface area contributed by atoms with Gasteiger partial charge in [-0.3, -0.25) is 4.79 Å². The van der Waals surface area contributed by atoms with E-state index >= 15 is 0 Å². The molecule has 2 aliphatic heterocycles. The molecule has 2 fully saturated rings. The van der Waals surface area contributed by atoms with Gasteiger partial charge in [-0.15, -0.1) is 0 Å². The van der Waals surface area contributed by atoms with Gasteiger partial charge in [0.05, 0.1) is 5.92 Å². The molecule has 2 heterocycles. The quantitative estimate of drug-likeness (QED) is 0.630. The first-order valence-corrected chi connectivity index (χ1v) is 7.70. The van der Waals surface area contributed by atoms with Crippen LogP contribution in [0, 0.1) is 5.92 Å². The Morgan fingerprint density at radius 2 is 1.89 bits per heavy atom. The van der Waals surface area contributed by atoms with Crippen molar-refractivity contribution in [1.29, 1.82) is 0 Å². The molecule has 2 rings (SSSR count). The van der Waals surface area contributed by atoms with E-state index in [9.17, 15) is 13.2 Å². The van der Waals surface area contributed by atoms with Crippen LogP contribution in [0.15, 0.2) is 0 Å². The fourth-order valence-electron chi connectivity index (χ4n) is 2.59. The predicted octanol–water partition coefficient (Wildman–Crippen LogP) is -1.67. The molecule has 2 atom stereocenters. The van der Waals surface area contributed by atoms with Gasteiger partial charge in [0.2, 0.25) is 5.91 Å². The summed E-state index contributed by atoms with van der Waals surface area (Å²) >= 11 is 0. The molecule has 104 valence electrons. The lowest BCUT2D eigenvalue weighted by molar-refractivity contribution is -0.136. The summed E-state index contributed by atoms with van der Waals surface area (Å²) in [5.41, 5.74) is 0. The molecule has 0 aromatic heterocycles. The SMILES string of the molecule is CC1NCCC1C(=O)N1CCN(S(N)(=O)=O)CC1. The predicted molar refractivity (Wildman–Crippen MR) is 66.8 cm³/mol. The van der Waals surface area contributed by atoms with Crippen molar-refractivity contribution in [2.24, 2.45) is 11.1 Å². The summed E-state index contributed by atoms with van der Waals surface area (Å²) in [6.07, 6.45) is 0.857. The summed E-state index contributed by atoms with van der Waals surface area (Å²) in [6, 6.07) is 0.203. The number of rotatable bonds is 2. The van der Waals surface area contributed by atoms with E-state index in [0.717, 1.165) is 13.0 Å². The summed E-state index contributed by atoms with van der Waals surface area (Å²) in [7, 11) is -3.62. The first-order chi connectivity index (χ1) is 8.39. The molecule has 0 radical (unpaired) electrons. The van der Waals surface area contributed by atoms with Gasteiger partial charge in [-0.05, 0) is 19.9 Å². The van der Waals surface area contributed by atoms with Crippen molar-refractivity contribution >= 4 is 16.1 Å². The van der Waals surface area contributed by atoms with E-state index in [1.807, 2.05) is 6.92 Å². The molecule has 7 nitrogen and oxygen atoms in total. The highest BCUT2D eigenvalue weighted by Crippen LogP contribution is 2.19. The summed E-state index contributed by atoms with van der Waals surface area (Å²) in [6.45, 7) is 4.32. The normalized spacial score (nSPS) is 30.7. The van der Waals surface area contributed by atoms with Gasteiger partial charge < -0.3 is 10.2 Å². The molecular formula is C10H20N4O3S. The van der Waals surface area contributed by atoms with Gasteiger partial charge in [0, 0.05) is 32.2 Å². The highest BCUT2D eigenvalue weighted by atomic mass is 32.2. The maximum Gasteiger partial charge on any atom is 0.277 e. The Kier molecular flexibility index (Phi) is 3.90. The van der Waals surface area contributed by atoms with Crippen LogP contribution in [0.3, 0.4) is 0 Å². The molecule has 0 aromatic carbocycles. The zero-order valence-electron chi connectivity index (χ0n) is 10.5. The number of hydrogen-bond acceptors (Lipinski definition) is 4. The molecule has 2 unspecified atom stereocenters. The fraction of sp³-hybridized carbons (Fsp3) is 0.900. The summed E-state index contributed by atoms with van der Waals surface area (Å²) < 4.78 is 23.5. The Bertz CT molecular complexity index is 417. The molecular weight excluding hydrogens is 256 g/mol. The minimum absolute atomic E-state index is 0.0195. The average Bonchev–Trinajstić information content (AvgIpc) is 2.73. The van der Waals surface area contributed by atoms with Crippen molar-refractivity contribution in [2.75, 3.05) is 32.7 Å². The Morgan fingerprint density at radius 1 is 1.28 bits per heavy atom. The van der Waals surface area contributed by atoms with Crippen LogP contribution < -0.4 is 10.5 Å². The van der Waals surface area contributed by atoms with Crippen LogP contribution >= 0.6 is 0 Å². The number of hydrogen-bond donors (Lipinski definition) is 2. The van der Waals surface area contributed by atoms with Gasteiger partial charge in [0.15, 0.2) is 0 Å². The molecule has 0 aliphatic carbocycles. The first kappa shape index (κ1) is 13.7. The van der Waals surface area contributed by atoms with Crippen LogP contribution in [-0.2, 0) is 15.0 Å². The van der Waals surface area contributed by atoms with Crippen molar-refractivity contribution in [1.82, 2.24) is 14.5 Å². The zero-order valence-corrected chi connectivity index (χ0v) is 11.3. The smallest absolute Gasteiger partial charge is 0.277 e. The van der Waals surface area contributed by atoms with Crippen LogP contribution in [0.2, 0.25) is 0 Å². The summed E-state index contributed by atoms with van der Waals surface area (Å²) in [5, 5.41) is 8.31. The molecule has 2 aliphatic rings. The summed E-state index contributed by atoms with van der Waals surface area (Å²) in [4.78, 5) is 14.0. The largest absolute Gasteiger partial charge is 0.340 e. The number of carbonyl (C=O) groups excluding carboxylic acids is 1. The van der Waals surface area contributed by atoms with Crippen LogP contribution in [0.1, 0.15) is 13.3 Å². The Labute approximate surface area is 107 Å². The highest BCUT2D eigenvalue weighted by molar-refractivity contribution is 7.86. The minimum Gasteiger partial charge on any atom is -0.340 e. The Hall–Kier alpha value is -0.700. The lowest BCUT2D eigenvalue weighted by atomic mass is 10.00. The van der Waals surface area contributed by atoms with Crippen molar-refractivity contribution < 1.29 is 13.2 Å². The van der Waals surface area contributed by atoms with Crippen LogP contribution in [0.4, 0.5) is 0 Å². The van der Waals surface area contributed by atoms with Crippen molar-refractivity contribution in [3.63, 3.8) is 0 Å². The van der Waals surface area contributed by atoms with Crippen LogP contribution in [0.25, 0.3) is 0 Å². The average molecular weight is 276 g/mol. The van der Waals surface area contributed by atoms with Gasteiger partial charge in [-0.2, -0.15) is 12.7 Å². The number of nitrogens with one attached hydrogen (secondary N) is 1. The highest BCUT2D eigenvalue weighted by Gasteiger charge is 2.34. The number of nitrogens with two attached hydrogens (primary N) is 1. The second-order valence-corrected chi connectivity index (χ2v) is 6.45. The first-order valence-electron chi connectivity index (χ1n) is 6.19. The van der Waals surface area contributed by atoms with Gasteiger partial charge in [0.25, 0.3) is 10.2 Å². The Morgan fingerprint density at radius 3 is 2.33 bits per heavy atom. The molecule has 3 N–H and O–H groups in total. The summed E-state index contributed by atoms with van der Waals surface area (Å²) in [5.74, 6) is 0.146. The maximum absolute atomic E-state index is 12.3. The lowest BCUT2D eigenvalue weighted by Gasteiger charge is -2.34. The maximum atomic E-state index is 12.3. The van der Waals surface area contributed by atoms with Crippen molar-refractivity contribution in [3.8, 4) is 0 Å². The number of nitrogens with zero attached hydrogens (tertiary/aromatic N) is 2. The van der Waals surface area contributed by atoms with Crippen LogP contribution in [-0.4, -0.2) is 62.3 Å². The Balaban J connectivity index is 1.92. The standard InChI is InChI=1S/C10H20N4O3S/c1-8-9(2-3-12-8)10(15)13-4-6-14(7-5-13)18(11,16)17/h8-9,12H,2-7H2,1H3,(H2,11,16,17). The third-order valence-corrected chi connectivity index (χ3v) is 4.84. The van der Waals surface area contributed by atoms with E-state index in [2.05, 4.69) is 5.32 Å². The topological polar surface area (TPSA) is 95.7 Å². The second kappa shape index (κ2) is 5.12.